The van der Waals surface area contributed by atoms with Crippen LogP contribution in [0.3, 0.4) is 0 Å². The minimum atomic E-state index is 1.13. The molecule has 6 aromatic rings. The van der Waals surface area contributed by atoms with Crippen molar-refractivity contribution in [1.29, 1.82) is 0 Å². The molecule has 0 bridgehead atoms. The van der Waals surface area contributed by atoms with Gasteiger partial charge in [-0.25, -0.2) is 0 Å². The number of nitrogens with zero attached hydrogens (tertiary/aromatic N) is 2. The van der Waals surface area contributed by atoms with Crippen molar-refractivity contribution in [2.75, 3.05) is 16.8 Å². The van der Waals surface area contributed by atoms with E-state index in [0.29, 0.717) is 0 Å². The van der Waals surface area contributed by atoms with Crippen molar-refractivity contribution >= 4 is 50.0 Å². The minimum Gasteiger partial charge on any atom is -0.344 e. The highest BCUT2D eigenvalue weighted by molar-refractivity contribution is 5.96. The van der Waals surface area contributed by atoms with Crippen molar-refractivity contribution < 1.29 is 0 Å². The first kappa shape index (κ1) is 21.0. The van der Waals surface area contributed by atoms with Gasteiger partial charge < -0.3 is 9.80 Å². The van der Waals surface area contributed by atoms with Gasteiger partial charge in [0.1, 0.15) is 0 Å². The Labute approximate surface area is 206 Å². The molecule has 0 atom stereocenters. The quantitative estimate of drug-likeness (QED) is 0.258. The molecule has 0 saturated carbocycles. The van der Waals surface area contributed by atoms with E-state index in [2.05, 4.69) is 156 Å². The number of para-hydroxylation sites is 1. The maximum Gasteiger partial charge on any atom is 0.0487 e. The molecule has 35 heavy (non-hydrogen) atoms. The third kappa shape index (κ3) is 4.00. The first-order chi connectivity index (χ1) is 17.3. The van der Waals surface area contributed by atoms with Crippen LogP contribution in [-0.4, -0.2) is 7.05 Å². The molecule has 2 nitrogen and oxygen atoms in total. The van der Waals surface area contributed by atoms with Crippen LogP contribution in [0, 0.1) is 0 Å². The molecule has 6 aromatic carbocycles. The van der Waals surface area contributed by atoms with Crippen LogP contribution in [0.1, 0.15) is 0 Å². The second kappa shape index (κ2) is 9.00. The van der Waals surface area contributed by atoms with Crippen LogP contribution in [0.5, 0.6) is 0 Å². The van der Waals surface area contributed by atoms with Crippen molar-refractivity contribution in [3.05, 3.63) is 140 Å². The topological polar surface area (TPSA) is 6.48 Å². The lowest BCUT2D eigenvalue weighted by atomic mass is 10.1. The fourth-order valence-corrected chi connectivity index (χ4v) is 4.81. The van der Waals surface area contributed by atoms with Gasteiger partial charge in [-0.2, -0.15) is 0 Å². The van der Waals surface area contributed by atoms with Crippen LogP contribution in [0.25, 0.3) is 21.5 Å². The third-order valence-corrected chi connectivity index (χ3v) is 6.63. The summed E-state index contributed by atoms with van der Waals surface area (Å²) in [6, 6.07) is 49.6. The van der Waals surface area contributed by atoms with Gasteiger partial charge in [0, 0.05) is 40.9 Å². The van der Waals surface area contributed by atoms with Crippen LogP contribution >= 0.6 is 0 Å². The van der Waals surface area contributed by atoms with E-state index in [0.717, 1.165) is 22.7 Å². The fraction of sp³-hybridized carbons (Fsp3) is 0.0303. The molecule has 0 heterocycles. The number of hydrogen-bond acceptors (Lipinski definition) is 2. The molecule has 0 aromatic heterocycles. The van der Waals surface area contributed by atoms with Crippen molar-refractivity contribution in [1.82, 2.24) is 0 Å². The van der Waals surface area contributed by atoms with Gasteiger partial charge in [-0.05, 0) is 70.8 Å². The smallest absolute Gasteiger partial charge is 0.0487 e. The van der Waals surface area contributed by atoms with E-state index in [1.807, 2.05) is 0 Å². The Kier molecular flexibility index (Phi) is 5.40. The zero-order chi connectivity index (χ0) is 23.6. The van der Waals surface area contributed by atoms with Gasteiger partial charge in [-0.1, -0.05) is 84.9 Å². The van der Waals surface area contributed by atoms with Crippen molar-refractivity contribution in [3.8, 4) is 0 Å². The summed E-state index contributed by atoms with van der Waals surface area (Å²) in [5.41, 5.74) is 5.76. The lowest BCUT2D eigenvalue weighted by Crippen LogP contribution is -2.12. The molecule has 0 fully saturated rings. The Morgan fingerprint density at radius 1 is 0.400 bits per heavy atom. The number of rotatable bonds is 5. The molecule has 0 radical (unpaired) electrons. The predicted molar refractivity (Wildman–Crippen MR) is 151 cm³/mol. The summed E-state index contributed by atoms with van der Waals surface area (Å²) in [5, 5.41) is 4.98. The first-order valence-corrected chi connectivity index (χ1v) is 11.9. The normalized spacial score (nSPS) is 11.0. The zero-order valence-electron chi connectivity index (χ0n) is 19.7. The Balaban J connectivity index is 1.40. The Morgan fingerprint density at radius 2 is 0.971 bits per heavy atom. The number of fused-ring (bicyclic) bond motifs is 2. The summed E-state index contributed by atoms with van der Waals surface area (Å²) in [4.78, 5) is 4.57. The Bertz CT molecular complexity index is 1600. The minimum absolute atomic E-state index is 1.13. The van der Waals surface area contributed by atoms with E-state index in [-0.39, 0.29) is 0 Å². The van der Waals surface area contributed by atoms with Crippen LogP contribution < -0.4 is 9.80 Å². The van der Waals surface area contributed by atoms with E-state index in [9.17, 15) is 0 Å². The van der Waals surface area contributed by atoms with Crippen LogP contribution in [0.2, 0.25) is 0 Å². The highest BCUT2D eigenvalue weighted by Crippen LogP contribution is 2.38. The highest BCUT2D eigenvalue weighted by atomic mass is 15.1. The molecule has 0 N–H and O–H groups in total. The highest BCUT2D eigenvalue weighted by Gasteiger charge is 2.14. The molecule has 0 saturated heterocycles. The molecular weight excluding hydrogens is 424 g/mol. The Hall–Kier alpha value is -4.56. The molecule has 168 valence electrons. The SMILES string of the molecule is CN(c1ccc(N(c2ccccc2)c2ccc3ccccc3c2)cc1)c1cccc2ccccc12. The number of anilines is 5. The average Bonchev–Trinajstić information content (AvgIpc) is 2.93. The van der Waals surface area contributed by atoms with Gasteiger partial charge in [0.15, 0.2) is 0 Å². The second-order valence-electron chi connectivity index (χ2n) is 8.78. The molecule has 0 aliphatic rings. The molecule has 0 amide bonds. The largest absolute Gasteiger partial charge is 0.344 e. The predicted octanol–water partition coefficient (Wildman–Crippen LogP) is 9.23. The Morgan fingerprint density at radius 3 is 1.77 bits per heavy atom. The van der Waals surface area contributed by atoms with Crippen molar-refractivity contribution in [2.24, 2.45) is 0 Å². The van der Waals surface area contributed by atoms with E-state index in [1.54, 1.807) is 0 Å². The molecule has 0 unspecified atom stereocenters. The van der Waals surface area contributed by atoms with Gasteiger partial charge in [0.05, 0.1) is 0 Å². The molecular formula is C33H26N2. The molecule has 0 aliphatic heterocycles. The van der Waals surface area contributed by atoms with Gasteiger partial charge in [0.2, 0.25) is 0 Å². The van der Waals surface area contributed by atoms with E-state index < -0.39 is 0 Å². The standard InChI is InChI=1S/C33H26N2/c1-34(33-17-9-13-26-11-7-8-16-32(26)33)28-20-22-30(23-21-28)35(29-14-3-2-4-15-29)31-19-18-25-10-5-6-12-27(25)24-31/h2-24H,1H3. The second-order valence-corrected chi connectivity index (χ2v) is 8.78. The summed E-state index contributed by atoms with van der Waals surface area (Å²) >= 11 is 0. The lowest BCUT2D eigenvalue weighted by molar-refractivity contribution is 1.21. The van der Waals surface area contributed by atoms with Gasteiger partial charge >= 0.3 is 0 Å². The van der Waals surface area contributed by atoms with Gasteiger partial charge in [-0.15, -0.1) is 0 Å². The van der Waals surface area contributed by atoms with Crippen molar-refractivity contribution in [2.45, 2.75) is 0 Å². The molecule has 6 rings (SSSR count). The summed E-state index contributed by atoms with van der Waals surface area (Å²) in [7, 11) is 2.13. The van der Waals surface area contributed by atoms with Crippen molar-refractivity contribution in [3.63, 3.8) is 0 Å². The maximum absolute atomic E-state index is 2.31. The fourth-order valence-electron chi connectivity index (χ4n) is 4.81. The summed E-state index contributed by atoms with van der Waals surface area (Å²) in [6.07, 6.45) is 0. The van der Waals surface area contributed by atoms with Gasteiger partial charge in [0.25, 0.3) is 0 Å². The van der Waals surface area contributed by atoms with E-state index >= 15 is 0 Å². The first-order valence-electron chi connectivity index (χ1n) is 11.9. The van der Waals surface area contributed by atoms with E-state index in [1.165, 1.54) is 27.2 Å². The zero-order valence-corrected chi connectivity index (χ0v) is 19.7. The van der Waals surface area contributed by atoms with Crippen LogP contribution in [0.4, 0.5) is 28.4 Å². The van der Waals surface area contributed by atoms with Gasteiger partial charge in [-0.3, -0.25) is 0 Å². The van der Waals surface area contributed by atoms with Crippen LogP contribution in [-0.2, 0) is 0 Å². The molecule has 0 aliphatic carbocycles. The maximum atomic E-state index is 2.31. The monoisotopic (exact) mass is 450 g/mol. The number of hydrogen-bond donors (Lipinski definition) is 0. The lowest BCUT2D eigenvalue weighted by Gasteiger charge is -2.27. The average molecular weight is 451 g/mol. The van der Waals surface area contributed by atoms with E-state index in [4.69, 9.17) is 0 Å². The third-order valence-electron chi connectivity index (χ3n) is 6.63. The summed E-state index contributed by atoms with van der Waals surface area (Å²) in [6.45, 7) is 0. The van der Waals surface area contributed by atoms with Crippen LogP contribution in [0.15, 0.2) is 140 Å². The summed E-state index contributed by atoms with van der Waals surface area (Å²) < 4.78 is 0. The molecule has 0 spiro atoms. The summed E-state index contributed by atoms with van der Waals surface area (Å²) in [5.74, 6) is 0. The number of benzene rings is 6. The molecule has 2 heteroatoms.